The Morgan fingerprint density at radius 3 is 1.58 bits per heavy atom. The number of piperazine rings is 1. The topological polar surface area (TPSA) is 6.48 Å². The van der Waals surface area contributed by atoms with Crippen molar-refractivity contribution in [2.24, 2.45) is 11.8 Å². The third-order valence-corrected chi connectivity index (χ3v) is 6.36. The van der Waals surface area contributed by atoms with E-state index in [9.17, 15) is 0 Å². The molecule has 4 atom stereocenters. The Kier molecular flexibility index (Phi) is 11.3. The second-order valence-electron chi connectivity index (χ2n) is 8.29. The molecule has 0 aliphatic carbocycles. The molecule has 0 saturated carbocycles. The molecule has 1 heterocycles. The van der Waals surface area contributed by atoms with E-state index >= 15 is 0 Å². The monoisotopic (exact) mass is 338 g/mol. The predicted molar refractivity (Wildman–Crippen MR) is 109 cm³/mol. The van der Waals surface area contributed by atoms with Crippen LogP contribution in [0.5, 0.6) is 0 Å². The van der Waals surface area contributed by atoms with Gasteiger partial charge in [-0.05, 0) is 37.5 Å². The molecule has 0 amide bonds. The van der Waals surface area contributed by atoms with Gasteiger partial charge in [-0.2, -0.15) is 0 Å². The van der Waals surface area contributed by atoms with Gasteiger partial charge in [-0.3, -0.25) is 9.80 Å². The number of nitrogens with zero attached hydrogens (tertiary/aromatic N) is 2. The molecule has 1 fully saturated rings. The summed E-state index contributed by atoms with van der Waals surface area (Å²) in [6, 6.07) is 1.62. The van der Waals surface area contributed by atoms with Gasteiger partial charge in [-0.25, -0.2) is 0 Å². The quantitative estimate of drug-likeness (QED) is 0.443. The summed E-state index contributed by atoms with van der Waals surface area (Å²) in [6.07, 6.45) is 10.9. The molecule has 0 radical (unpaired) electrons. The normalized spacial score (nSPS) is 22.2. The van der Waals surface area contributed by atoms with Crippen molar-refractivity contribution >= 4 is 0 Å². The fourth-order valence-electron chi connectivity index (χ4n) is 4.91. The minimum absolute atomic E-state index is 0.802. The molecule has 1 saturated heterocycles. The van der Waals surface area contributed by atoms with Crippen LogP contribution in [0.15, 0.2) is 0 Å². The second kappa shape index (κ2) is 12.3. The molecule has 0 aromatic rings. The minimum atomic E-state index is 0.802. The summed E-state index contributed by atoms with van der Waals surface area (Å²) >= 11 is 0. The Labute approximate surface area is 153 Å². The van der Waals surface area contributed by atoms with Crippen molar-refractivity contribution in [2.75, 3.05) is 26.2 Å². The van der Waals surface area contributed by atoms with E-state index in [1.165, 1.54) is 77.5 Å². The second-order valence-corrected chi connectivity index (χ2v) is 8.29. The van der Waals surface area contributed by atoms with Crippen LogP contribution in [0.3, 0.4) is 0 Å². The average molecular weight is 339 g/mol. The lowest BCUT2D eigenvalue weighted by Crippen LogP contribution is -2.55. The molecule has 0 bridgehead atoms. The first-order chi connectivity index (χ1) is 11.6. The van der Waals surface area contributed by atoms with Crippen molar-refractivity contribution in [3.05, 3.63) is 0 Å². The van der Waals surface area contributed by atoms with Crippen LogP contribution in [0.1, 0.15) is 92.9 Å². The van der Waals surface area contributed by atoms with Crippen LogP contribution in [-0.4, -0.2) is 48.1 Å². The van der Waals surface area contributed by atoms with Gasteiger partial charge in [0.05, 0.1) is 0 Å². The van der Waals surface area contributed by atoms with Crippen molar-refractivity contribution in [3.63, 3.8) is 0 Å². The van der Waals surface area contributed by atoms with E-state index in [2.05, 4.69) is 51.3 Å². The first-order valence-corrected chi connectivity index (χ1v) is 11.1. The molecular weight excluding hydrogens is 292 g/mol. The van der Waals surface area contributed by atoms with Gasteiger partial charge in [0.15, 0.2) is 0 Å². The number of hydrogen-bond acceptors (Lipinski definition) is 2. The maximum Gasteiger partial charge on any atom is 0.0122 e. The van der Waals surface area contributed by atoms with Crippen molar-refractivity contribution in [1.82, 2.24) is 9.80 Å². The SMILES string of the molecule is CCCCC(C)C(CC)N1CCN(C(CCC)C(C)CCC)CC1. The molecule has 0 aromatic carbocycles. The van der Waals surface area contributed by atoms with Crippen LogP contribution < -0.4 is 0 Å². The zero-order valence-corrected chi connectivity index (χ0v) is 17.7. The lowest BCUT2D eigenvalue weighted by molar-refractivity contribution is 0.0306. The Morgan fingerprint density at radius 1 is 0.625 bits per heavy atom. The molecule has 0 N–H and O–H groups in total. The van der Waals surface area contributed by atoms with Gasteiger partial charge in [0, 0.05) is 38.3 Å². The molecule has 1 aliphatic rings. The standard InChI is InChI=1S/C22H46N2/c1-7-11-14-20(6)21(10-4)23-15-17-24(18-16-23)22(13-9-3)19(5)12-8-2/h19-22H,7-18H2,1-6H3. The van der Waals surface area contributed by atoms with Gasteiger partial charge in [-0.15, -0.1) is 0 Å². The molecule has 2 heteroatoms. The molecule has 1 rings (SSSR count). The molecule has 0 spiro atoms. The minimum Gasteiger partial charge on any atom is -0.298 e. The van der Waals surface area contributed by atoms with Crippen LogP contribution >= 0.6 is 0 Å². The summed E-state index contributed by atoms with van der Waals surface area (Å²) < 4.78 is 0. The van der Waals surface area contributed by atoms with E-state index in [1.54, 1.807) is 0 Å². The van der Waals surface area contributed by atoms with Crippen LogP contribution in [0.25, 0.3) is 0 Å². The highest BCUT2D eigenvalue weighted by atomic mass is 15.3. The molecule has 0 aromatic heterocycles. The molecular formula is C22H46N2. The number of unbranched alkanes of at least 4 members (excludes halogenated alkanes) is 1. The van der Waals surface area contributed by atoms with Crippen LogP contribution in [0, 0.1) is 11.8 Å². The molecule has 144 valence electrons. The van der Waals surface area contributed by atoms with Crippen molar-refractivity contribution in [2.45, 2.75) is 105 Å². The smallest absolute Gasteiger partial charge is 0.0122 e. The Balaban J connectivity index is 2.56. The average Bonchev–Trinajstić information content (AvgIpc) is 2.59. The number of hydrogen-bond donors (Lipinski definition) is 0. The fraction of sp³-hybridized carbons (Fsp3) is 1.00. The van der Waals surface area contributed by atoms with Gasteiger partial charge >= 0.3 is 0 Å². The highest BCUT2D eigenvalue weighted by Gasteiger charge is 2.30. The zero-order valence-electron chi connectivity index (χ0n) is 17.7. The van der Waals surface area contributed by atoms with Gasteiger partial charge in [0.1, 0.15) is 0 Å². The van der Waals surface area contributed by atoms with E-state index in [0.29, 0.717) is 0 Å². The first kappa shape index (κ1) is 22.0. The third kappa shape index (κ3) is 6.67. The summed E-state index contributed by atoms with van der Waals surface area (Å²) in [5, 5.41) is 0. The zero-order chi connectivity index (χ0) is 17.9. The first-order valence-electron chi connectivity index (χ1n) is 11.1. The summed E-state index contributed by atoms with van der Waals surface area (Å²) in [6.45, 7) is 19.5. The van der Waals surface area contributed by atoms with Crippen LogP contribution in [0.2, 0.25) is 0 Å². The highest BCUT2D eigenvalue weighted by Crippen LogP contribution is 2.25. The van der Waals surface area contributed by atoms with Gasteiger partial charge in [0.25, 0.3) is 0 Å². The summed E-state index contributed by atoms with van der Waals surface area (Å²) in [7, 11) is 0. The molecule has 2 nitrogen and oxygen atoms in total. The van der Waals surface area contributed by atoms with E-state index in [-0.39, 0.29) is 0 Å². The van der Waals surface area contributed by atoms with E-state index in [4.69, 9.17) is 0 Å². The largest absolute Gasteiger partial charge is 0.298 e. The Bertz CT molecular complexity index is 296. The van der Waals surface area contributed by atoms with Crippen molar-refractivity contribution in [3.8, 4) is 0 Å². The van der Waals surface area contributed by atoms with Gasteiger partial charge in [-0.1, -0.05) is 67.2 Å². The predicted octanol–water partition coefficient (Wildman–Crippen LogP) is 5.81. The summed E-state index contributed by atoms with van der Waals surface area (Å²) in [5.41, 5.74) is 0. The maximum absolute atomic E-state index is 2.82. The highest BCUT2D eigenvalue weighted by molar-refractivity contribution is 4.85. The fourth-order valence-corrected chi connectivity index (χ4v) is 4.91. The lowest BCUT2D eigenvalue weighted by atomic mass is 9.90. The third-order valence-electron chi connectivity index (χ3n) is 6.36. The van der Waals surface area contributed by atoms with Gasteiger partial charge < -0.3 is 0 Å². The number of rotatable bonds is 12. The van der Waals surface area contributed by atoms with Crippen molar-refractivity contribution < 1.29 is 0 Å². The maximum atomic E-state index is 2.82. The van der Waals surface area contributed by atoms with Crippen LogP contribution in [-0.2, 0) is 0 Å². The summed E-state index contributed by atoms with van der Waals surface area (Å²) in [4.78, 5) is 5.63. The molecule has 1 aliphatic heterocycles. The van der Waals surface area contributed by atoms with E-state index < -0.39 is 0 Å². The molecule has 4 unspecified atom stereocenters. The van der Waals surface area contributed by atoms with Crippen LogP contribution in [0.4, 0.5) is 0 Å². The molecule has 24 heavy (non-hydrogen) atoms. The van der Waals surface area contributed by atoms with E-state index in [1.807, 2.05) is 0 Å². The van der Waals surface area contributed by atoms with E-state index in [0.717, 1.165) is 23.9 Å². The van der Waals surface area contributed by atoms with Crippen molar-refractivity contribution in [1.29, 1.82) is 0 Å². The lowest BCUT2D eigenvalue weighted by Gasteiger charge is -2.45. The summed E-state index contributed by atoms with van der Waals surface area (Å²) in [5.74, 6) is 1.71. The Hall–Kier alpha value is -0.0800. The Morgan fingerprint density at radius 2 is 1.12 bits per heavy atom. The van der Waals surface area contributed by atoms with Gasteiger partial charge in [0.2, 0.25) is 0 Å².